The highest BCUT2D eigenvalue weighted by molar-refractivity contribution is 5.95. The smallest absolute Gasteiger partial charge is 0.200 e. The SMILES string of the molecule is O=c1c2ccccc2[nH]c2cccc(OCCN3CCC3)c12. The minimum Gasteiger partial charge on any atom is -0.491 e. The molecule has 112 valence electrons. The van der Waals surface area contributed by atoms with E-state index in [1.807, 2.05) is 42.5 Å². The van der Waals surface area contributed by atoms with E-state index in [0.29, 0.717) is 23.1 Å². The lowest BCUT2D eigenvalue weighted by Gasteiger charge is -2.30. The van der Waals surface area contributed by atoms with Gasteiger partial charge in [-0.1, -0.05) is 18.2 Å². The Bertz CT molecular complexity index is 881. The number of hydrogen-bond donors (Lipinski definition) is 1. The van der Waals surface area contributed by atoms with Crippen LogP contribution >= 0.6 is 0 Å². The number of aromatic amines is 1. The molecular weight excluding hydrogens is 276 g/mol. The van der Waals surface area contributed by atoms with Gasteiger partial charge >= 0.3 is 0 Å². The third-order valence-electron chi connectivity index (χ3n) is 4.31. The number of fused-ring (bicyclic) bond motifs is 2. The van der Waals surface area contributed by atoms with Crippen LogP contribution in [0.15, 0.2) is 47.3 Å². The second kappa shape index (κ2) is 5.46. The second-order valence-electron chi connectivity index (χ2n) is 5.72. The van der Waals surface area contributed by atoms with E-state index < -0.39 is 0 Å². The summed E-state index contributed by atoms with van der Waals surface area (Å²) in [5, 5.41) is 1.35. The largest absolute Gasteiger partial charge is 0.491 e. The highest BCUT2D eigenvalue weighted by Crippen LogP contribution is 2.23. The minimum atomic E-state index is 0.0314. The first-order chi connectivity index (χ1) is 10.8. The predicted molar refractivity (Wildman–Crippen MR) is 88.6 cm³/mol. The van der Waals surface area contributed by atoms with Crippen molar-refractivity contribution in [2.75, 3.05) is 26.2 Å². The Kier molecular flexibility index (Phi) is 3.31. The van der Waals surface area contributed by atoms with Crippen LogP contribution in [0.2, 0.25) is 0 Å². The van der Waals surface area contributed by atoms with Gasteiger partial charge in [-0.3, -0.25) is 9.69 Å². The van der Waals surface area contributed by atoms with Crippen LogP contribution in [0.25, 0.3) is 21.8 Å². The number of para-hydroxylation sites is 1. The van der Waals surface area contributed by atoms with Crippen molar-refractivity contribution in [2.45, 2.75) is 6.42 Å². The van der Waals surface area contributed by atoms with E-state index in [2.05, 4.69) is 9.88 Å². The van der Waals surface area contributed by atoms with Gasteiger partial charge in [-0.2, -0.15) is 0 Å². The lowest BCUT2D eigenvalue weighted by atomic mass is 10.1. The van der Waals surface area contributed by atoms with Gasteiger partial charge in [0.15, 0.2) is 0 Å². The fourth-order valence-electron chi connectivity index (χ4n) is 2.95. The molecule has 1 aliphatic heterocycles. The van der Waals surface area contributed by atoms with Gasteiger partial charge in [0.2, 0.25) is 5.43 Å². The van der Waals surface area contributed by atoms with Crippen LogP contribution in [0.5, 0.6) is 5.75 Å². The number of ether oxygens (including phenoxy) is 1. The monoisotopic (exact) mass is 294 g/mol. The molecule has 4 rings (SSSR count). The molecule has 0 unspecified atom stereocenters. The summed E-state index contributed by atoms with van der Waals surface area (Å²) in [5.74, 6) is 0.671. The number of benzene rings is 2. The fourth-order valence-corrected chi connectivity index (χ4v) is 2.95. The Morgan fingerprint density at radius 1 is 1.05 bits per heavy atom. The second-order valence-corrected chi connectivity index (χ2v) is 5.72. The average Bonchev–Trinajstić information content (AvgIpc) is 2.50. The zero-order valence-electron chi connectivity index (χ0n) is 12.3. The van der Waals surface area contributed by atoms with Crippen LogP contribution in [0, 0.1) is 0 Å². The first kappa shape index (κ1) is 13.3. The van der Waals surface area contributed by atoms with Crippen molar-refractivity contribution in [3.05, 3.63) is 52.7 Å². The number of likely N-dealkylation sites (tertiary alicyclic amines) is 1. The number of rotatable bonds is 4. The summed E-state index contributed by atoms with van der Waals surface area (Å²) in [6, 6.07) is 13.3. The fraction of sp³-hybridized carbons (Fsp3) is 0.278. The Morgan fingerprint density at radius 3 is 2.68 bits per heavy atom. The quantitative estimate of drug-likeness (QED) is 0.753. The number of hydrogen-bond acceptors (Lipinski definition) is 3. The molecule has 0 atom stereocenters. The zero-order chi connectivity index (χ0) is 14.9. The van der Waals surface area contributed by atoms with Gasteiger partial charge < -0.3 is 9.72 Å². The Hall–Kier alpha value is -2.33. The molecule has 1 fully saturated rings. The molecule has 0 aliphatic carbocycles. The van der Waals surface area contributed by atoms with E-state index in [1.54, 1.807) is 0 Å². The normalized spacial score (nSPS) is 15.1. The molecule has 4 heteroatoms. The predicted octanol–water partition coefficient (Wildman–Crippen LogP) is 2.77. The molecule has 1 N–H and O–H groups in total. The molecular formula is C18H18N2O2. The van der Waals surface area contributed by atoms with Crippen LogP contribution in [0.1, 0.15) is 6.42 Å². The minimum absolute atomic E-state index is 0.0314. The molecule has 0 radical (unpaired) electrons. The van der Waals surface area contributed by atoms with E-state index in [0.717, 1.165) is 30.7 Å². The van der Waals surface area contributed by atoms with Crippen molar-refractivity contribution in [1.29, 1.82) is 0 Å². The third kappa shape index (κ3) is 2.25. The number of nitrogens with one attached hydrogen (secondary N) is 1. The van der Waals surface area contributed by atoms with E-state index >= 15 is 0 Å². The molecule has 3 aromatic rings. The molecule has 1 aromatic heterocycles. The number of nitrogens with zero attached hydrogens (tertiary/aromatic N) is 1. The summed E-state index contributed by atoms with van der Waals surface area (Å²) in [5.41, 5.74) is 1.71. The lowest BCUT2D eigenvalue weighted by Crippen LogP contribution is -2.39. The van der Waals surface area contributed by atoms with Crippen LogP contribution in [0.4, 0.5) is 0 Å². The van der Waals surface area contributed by atoms with Crippen molar-refractivity contribution in [3.8, 4) is 5.75 Å². The number of aromatic nitrogens is 1. The lowest BCUT2D eigenvalue weighted by molar-refractivity contribution is 0.147. The van der Waals surface area contributed by atoms with Crippen molar-refractivity contribution >= 4 is 21.8 Å². The van der Waals surface area contributed by atoms with E-state index in [9.17, 15) is 4.79 Å². The van der Waals surface area contributed by atoms with Crippen molar-refractivity contribution in [1.82, 2.24) is 9.88 Å². The summed E-state index contributed by atoms with van der Waals surface area (Å²) in [6.45, 7) is 3.85. The van der Waals surface area contributed by atoms with Gasteiger partial charge in [-0.15, -0.1) is 0 Å². The summed E-state index contributed by atoms with van der Waals surface area (Å²) < 4.78 is 5.89. The summed E-state index contributed by atoms with van der Waals surface area (Å²) in [6.07, 6.45) is 1.28. The maximum atomic E-state index is 12.8. The molecule has 0 amide bonds. The van der Waals surface area contributed by atoms with Crippen molar-refractivity contribution in [3.63, 3.8) is 0 Å². The Labute approximate surface area is 128 Å². The van der Waals surface area contributed by atoms with E-state index in [-0.39, 0.29) is 5.43 Å². The van der Waals surface area contributed by atoms with Gasteiger partial charge in [-0.25, -0.2) is 0 Å². The first-order valence-corrected chi connectivity index (χ1v) is 7.72. The molecule has 2 heterocycles. The van der Waals surface area contributed by atoms with Crippen molar-refractivity contribution in [2.24, 2.45) is 0 Å². The third-order valence-corrected chi connectivity index (χ3v) is 4.31. The van der Waals surface area contributed by atoms with Crippen molar-refractivity contribution < 1.29 is 4.74 Å². The molecule has 0 bridgehead atoms. The Morgan fingerprint density at radius 2 is 1.86 bits per heavy atom. The van der Waals surface area contributed by atoms with Gasteiger partial charge in [0, 0.05) is 17.4 Å². The van der Waals surface area contributed by atoms with Crippen LogP contribution in [-0.4, -0.2) is 36.1 Å². The molecule has 1 aliphatic rings. The topological polar surface area (TPSA) is 45.3 Å². The molecule has 22 heavy (non-hydrogen) atoms. The maximum absolute atomic E-state index is 12.8. The van der Waals surface area contributed by atoms with Gasteiger partial charge in [0.05, 0.1) is 10.9 Å². The molecule has 2 aromatic carbocycles. The van der Waals surface area contributed by atoms with Crippen LogP contribution in [-0.2, 0) is 0 Å². The maximum Gasteiger partial charge on any atom is 0.200 e. The van der Waals surface area contributed by atoms with Gasteiger partial charge in [0.1, 0.15) is 12.4 Å². The van der Waals surface area contributed by atoms with Gasteiger partial charge in [0.25, 0.3) is 0 Å². The summed E-state index contributed by atoms with van der Waals surface area (Å²) in [4.78, 5) is 18.4. The number of pyridine rings is 1. The molecule has 0 spiro atoms. The molecule has 1 saturated heterocycles. The number of H-pyrrole nitrogens is 1. The summed E-state index contributed by atoms with van der Waals surface area (Å²) >= 11 is 0. The highest BCUT2D eigenvalue weighted by Gasteiger charge is 2.14. The summed E-state index contributed by atoms with van der Waals surface area (Å²) in [7, 11) is 0. The standard InChI is InChI=1S/C18H18N2O2/c21-18-13-5-1-2-6-14(13)19-15-7-3-8-16(17(15)18)22-12-11-20-9-4-10-20/h1-3,5-8H,4,9-12H2,(H,19,21). The average molecular weight is 294 g/mol. The first-order valence-electron chi connectivity index (χ1n) is 7.72. The molecule has 0 saturated carbocycles. The van der Waals surface area contributed by atoms with E-state index in [4.69, 9.17) is 4.74 Å². The van der Waals surface area contributed by atoms with Crippen LogP contribution in [0.3, 0.4) is 0 Å². The van der Waals surface area contributed by atoms with Gasteiger partial charge in [-0.05, 0) is 43.8 Å². The van der Waals surface area contributed by atoms with E-state index in [1.165, 1.54) is 6.42 Å². The molecule has 4 nitrogen and oxygen atoms in total. The Balaban J connectivity index is 1.74. The highest BCUT2D eigenvalue weighted by atomic mass is 16.5. The zero-order valence-corrected chi connectivity index (χ0v) is 12.3. The van der Waals surface area contributed by atoms with Crippen LogP contribution < -0.4 is 10.2 Å².